The molecule has 1 N–H and O–H groups in total. The van der Waals surface area contributed by atoms with Crippen LogP contribution in [0.25, 0.3) is 11.1 Å². The quantitative estimate of drug-likeness (QED) is 0.761. The molecule has 3 aromatic rings. The van der Waals surface area contributed by atoms with Crippen LogP contribution < -0.4 is 0 Å². The molecule has 0 spiro atoms. The van der Waals surface area contributed by atoms with Crippen molar-refractivity contribution < 1.29 is 22.4 Å². The fourth-order valence-electron chi connectivity index (χ4n) is 3.48. The minimum absolute atomic E-state index is 0.135. The summed E-state index contributed by atoms with van der Waals surface area (Å²) >= 11 is 0. The summed E-state index contributed by atoms with van der Waals surface area (Å²) < 4.78 is 46.0. The number of benzene rings is 1. The zero-order valence-corrected chi connectivity index (χ0v) is 13.4. The number of H-pyrrole nitrogens is 1. The van der Waals surface area contributed by atoms with Crippen LogP contribution >= 0.6 is 0 Å². The Morgan fingerprint density at radius 2 is 2.19 bits per heavy atom. The second-order valence-electron chi connectivity index (χ2n) is 6.63. The van der Waals surface area contributed by atoms with E-state index < -0.39 is 36.0 Å². The lowest BCUT2D eigenvalue weighted by Gasteiger charge is -2.33. The Kier molecular flexibility index (Phi) is 3.02. The van der Waals surface area contributed by atoms with Gasteiger partial charge in [-0.3, -0.25) is 4.79 Å². The molecule has 6 nitrogen and oxygen atoms in total. The third-order valence-corrected chi connectivity index (χ3v) is 4.93. The van der Waals surface area contributed by atoms with Gasteiger partial charge in [0.05, 0.1) is 12.0 Å². The Labute approximate surface area is 145 Å². The monoisotopic (exact) mass is 362 g/mol. The maximum absolute atomic E-state index is 13.4. The SMILES string of the molecule is O=C([C@@H]1CC1(F)F)N1CCc2[nH]cnc2[C@H]1c1nc2cc(F)ccc2o1. The number of alkyl halides is 2. The Hall–Kier alpha value is -2.84. The molecule has 0 saturated heterocycles. The number of rotatable bonds is 2. The summed E-state index contributed by atoms with van der Waals surface area (Å²) in [7, 11) is 0. The molecule has 1 amide bonds. The Morgan fingerprint density at radius 3 is 2.96 bits per heavy atom. The van der Waals surface area contributed by atoms with Crippen molar-refractivity contribution in [2.45, 2.75) is 24.8 Å². The van der Waals surface area contributed by atoms with Gasteiger partial charge in [-0.05, 0) is 12.1 Å². The minimum Gasteiger partial charge on any atom is -0.438 e. The molecule has 0 unspecified atom stereocenters. The Balaban J connectivity index is 1.60. The molecule has 5 rings (SSSR count). The van der Waals surface area contributed by atoms with Crippen LogP contribution in [0.2, 0.25) is 0 Å². The number of halogens is 3. The number of aromatic nitrogens is 3. The fourth-order valence-corrected chi connectivity index (χ4v) is 3.48. The highest BCUT2D eigenvalue weighted by Crippen LogP contribution is 2.51. The molecule has 2 aromatic heterocycles. The normalized spacial score (nSPS) is 23.9. The van der Waals surface area contributed by atoms with E-state index in [4.69, 9.17) is 4.42 Å². The third kappa shape index (κ3) is 2.23. The van der Waals surface area contributed by atoms with E-state index in [0.29, 0.717) is 23.2 Å². The molecule has 1 saturated carbocycles. The number of oxazole rings is 1. The average Bonchev–Trinajstić information content (AvgIpc) is 2.97. The Bertz CT molecular complexity index is 1030. The highest BCUT2D eigenvalue weighted by atomic mass is 19.3. The first kappa shape index (κ1) is 15.4. The maximum Gasteiger partial charge on any atom is 0.260 e. The lowest BCUT2D eigenvalue weighted by molar-refractivity contribution is -0.137. The topological polar surface area (TPSA) is 75.0 Å². The number of amides is 1. The summed E-state index contributed by atoms with van der Waals surface area (Å²) in [4.78, 5) is 25.5. The molecule has 26 heavy (non-hydrogen) atoms. The molecule has 1 aliphatic heterocycles. The van der Waals surface area contributed by atoms with Gasteiger partial charge in [-0.1, -0.05) is 0 Å². The molecule has 1 aliphatic carbocycles. The summed E-state index contributed by atoms with van der Waals surface area (Å²) in [5.74, 6) is -5.24. The van der Waals surface area contributed by atoms with E-state index in [1.54, 1.807) is 0 Å². The van der Waals surface area contributed by atoms with Gasteiger partial charge in [0, 0.05) is 31.1 Å². The minimum atomic E-state index is -2.96. The first-order valence-corrected chi connectivity index (χ1v) is 8.20. The summed E-state index contributed by atoms with van der Waals surface area (Å²) in [6, 6.07) is 3.09. The van der Waals surface area contributed by atoms with Gasteiger partial charge < -0.3 is 14.3 Å². The van der Waals surface area contributed by atoms with Crippen molar-refractivity contribution in [3.8, 4) is 0 Å². The molecule has 0 radical (unpaired) electrons. The number of nitrogens with one attached hydrogen (secondary N) is 1. The van der Waals surface area contributed by atoms with Crippen molar-refractivity contribution in [1.82, 2.24) is 19.9 Å². The van der Waals surface area contributed by atoms with Crippen molar-refractivity contribution in [2.24, 2.45) is 5.92 Å². The number of aromatic amines is 1. The van der Waals surface area contributed by atoms with Gasteiger partial charge in [-0.15, -0.1) is 0 Å². The molecular weight excluding hydrogens is 349 g/mol. The largest absolute Gasteiger partial charge is 0.438 e. The maximum atomic E-state index is 13.4. The number of hydrogen-bond donors (Lipinski definition) is 1. The summed E-state index contributed by atoms with van der Waals surface area (Å²) in [5, 5.41) is 0. The lowest BCUT2D eigenvalue weighted by Crippen LogP contribution is -2.42. The van der Waals surface area contributed by atoms with Crippen molar-refractivity contribution >= 4 is 17.0 Å². The molecule has 2 aliphatic rings. The predicted octanol–water partition coefficient (Wildman–Crippen LogP) is 2.82. The third-order valence-electron chi connectivity index (χ3n) is 4.93. The van der Waals surface area contributed by atoms with E-state index in [9.17, 15) is 18.0 Å². The first-order chi connectivity index (χ1) is 12.4. The van der Waals surface area contributed by atoms with Gasteiger partial charge in [0.2, 0.25) is 11.8 Å². The lowest BCUT2D eigenvalue weighted by atomic mass is 10.0. The Morgan fingerprint density at radius 1 is 1.38 bits per heavy atom. The summed E-state index contributed by atoms with van der Waals surface area (Å²) in [5.41, 5.74) is 1.97. The molecule has 0 bridgehead atoms. The van der Waals surface area contributed by atoms with Gasteiger partial charge in [-0.25, -0.2) is 23.1 Å². The molecule has 1 fully saturated rings. The number of nitrogens with zero attached hydrogens (tertiary/aromatic N) is 3. The van der Waals surface area contributed by atoms with Crippen molar-refractivity contribution in [3.05, 3.63) is 47.6 Å². The van der Waals surface area contributed by atoms with Crippen molar-refractivity contribution in [2.75, 3.05) is 6.54 Å². The first-order valence-electron chi connectivity index (χ1n) is 8.20. The van der Waals surface area contributed by atoms with E-state index in [0.717, 1.165) is 5.69 Å². The average molecular weight is 362 g/mol. The standard InChI is InChI=1S/C17H13F3N4O2/c18-8-1-2-12-11(5-8)23-15(26-12)14-13-10(21-7-22-13)3-4-24(14)16(25)9-6-17(9,19)20/h1-2,5,7,9,14H,3-4,6H2,(H,21,22)/t9-,14-/m0/s1. The van der Waals surface area contributed by atoms with Crippen LogP contribution in [0.15, 0.2) is 28.9 Å². The highest BCUT2D eigenvalue weighted by molar-refractivity contribution is 5.84. The van der Waals surface area contributed by atoms with Gasteiger partial charge in [0.25, 0.3) is 5.92 Å². The smallest absolute Gasteiger partial charge is 0.260 e. The van der Waals surface area contributed by atoms with Gasteiger partial charge >= 0.3 is 0 Å². The molecule has 134 valence electrons. The van der Waals surface area contributed by atoms with Crippen LogP contribution in [0.4, 0.5) is 13.2 Å². The van der Waals surface area contributed by atoms with Crippen LogP contribution in [0.1, 0.15) is 29.7 Å². The second-order valence-corrected chi connectivity index (χ2v) is 6.63. The summed E-state index contributed by atoms with van der Waals surface area (Å²) in [6.45, 7) is 0.248. The molecule has 3 heterocycles. The van der Waals surface area contributed by atoms with Crippen LogP contribution in [0, 0.1) is 11.7 Å². The van der Waals surface area contributed by atoms with Gasteiger partial charge in [-0.2, -0.15) is 0 Å². The molecular formula is C17H13F3N4O2. The van der Waals surface area contributed by atoms with E-state index in [2.05, 4.69) is 15.0 Å². The molecule has 1 aromatic carbocycles. The van der Waals surface area contributed by atoms with Gasteiger partial charge in [0.15, 0.2) is 11.6 Å². The van der Waals surface area contributed by atoms with E-state index >= 15 is 0 Å². The molecule has 9 heteroatoms. The van der Waals surface area contributed by atoms with Crippen LogP contribution in [-0.2, 0) is 11.2 Å². The van der Waals surface area contributed by atoms with E-state index in [1.807, 2.05) is 0 Å². The zero-order chi connectivity index (χ0) is 18.1. The van der Waals surface area contributed by atoms with Crippen LogP contribution in [-0.4, -0.2) is 38.2 Å². The zero-order valence-electron chi connectivity index (χ0n) is 13.4. The number of carbonyl (C=O) groups excluding carboxylic acids is 1. The highest BCUT2D eigenvalue weighted by Gasteiger charge is 2.63. The van der Waals surface area contributed by atoms with Crippen LogP contribution in [0.5, 0.6) is 0 Å². The second kappa shape index (κ2) is 5.09. The van der Waals surface area contributed by atoms with E-state index in [-0.39, 0.29) is 12.4 Å². The van der Waals surface area contributed by atoms with Crippen molar-refractivity contribution in [3.63, 3.8) is 0 Å². The van der Waals surface area contributed by atoms with Crippen molar-refractivity contribution in [1.29, 1.82) is 0 Å². The number of imidazole rings is 1. The van der Waals surface area contributed by atoms with E-state index in [1.165, 1.54) is 29.4 Å². The van der Waals surface area contributed by atoms with Gasteiger partial charge in [0.1, 0.15) is 17.3 Å². The van der Waals surface area contributed by atoms with Crippen LogP contribution in [0.3, 0.4) is 0 Å². The number of hydrogen-bond acceptors (Lipinski definition) is 4. The fraction of sp³-hybridized carbons (Fsp3) is 0.353. The summed E-state index contributed by atoms with van der Waals surface area (Å²) in [6.07, 6.45) is 1.52. The number of fused-ring (bicyclic) bond motifs is 2. The number of carbonyl (C=O) groups is 1. The predicted molar refractivity (Wildman–Crippen MR) is 82.9 cm³/mol. The molecule has 2 atom stereocenters.